The van der Waals surface area contributed by atoms with Crippen molar-refractivity contribution in [1.29, 1.82) is 0 Å². The number of fused-ring (bicyclic) bond motifs is 1. The molecule has 0 saturated heterocycles. The lowest BCUT2D eigenvalue weighted by atomic mass is 9.95. The van der Waals surface area contributed by atoms with Crippen molar-refractivity contribution in [2.75, 3.05) is 6.61 Å². The zero-order valence-electron chi connectivity index (χ0n) is 10.3. The summed E-state index contributed by atoms with van der Waals surface area (Å²) < 4.78 is 5.50. The summed E-state index contributed by atoms with van der Waals surface area (Å²) in [7, 11) is 0. The van der Waals surface area contributed by atoms with Gasteiger partial charge in [-0.15, -0.1) is 0 Å². The van der Waals surface area contributed by atoms with Crippen LogP contribution < -0.4 is 4.74 Å². The van der Waals surface area contributed by atoms with E-state index in [0.29, 0.717) is 12.2 Å². The lowest BCUT2D eigenvalue weighted by molar-refractivity contribution is -0.0729. The molecular weight excluding hydrogens is 236 g/mol. The predicted molar refractivity (Wildman–Crippen MR) is 63.9 cm³/mol. The van der Waals surface area contributed by atoms with Gasteiger partial charge in [0.15, 0.2) is 5.78 Å². The highest BCUT2D eigenvalue weighted by Crippen LogP contribution is 2.37. The van der Waals surface area contributed by atoms with E-state index in [2.05, 4.69) is 0 Å². The van der Waals surface area contributed by atoms with Gasteiger partial charge in [-0.25, -0.2) is 0 Å². The van der Waals surface area contributed by atoms with Crippen LogP contribution in [0.15, 0.2) is 12.1 Å². The molecule has 0 radical (unpaired) electrons. The van der Waals surface area contributed by atoms with E-state index in [0.717, 1.165) is 5.56 Å². The maximum absolute atomic E-state index is 11.3. The van der Waals surface area contributed by atoms with Gasteiger partial charge in [0.2, 0.25) is 0 Å². The molecule has 2 atom stereocenters. The second-order valence-electron chi connectivity index (χ2n) is 4.86. The Hall–Kier alpha value is -1.59. The number of phenols is 1. The van der Waals surface area contributed by atoms with Gasteiger partial charge in [0.05, 0.1) is 12.2 Å². The second kappa shape index (κ2) is 4.26. The minimum absolute atomic E-state index is 0.134. The number of carbonyl (C=O) groups excluding carboxylic acids is 1. The highest BCUT2D eigenvalue weighted by molar-refractivity contribution is 5.97. The van der Waals surface area contributed by atoms with Gasteiger partial charge in [-0.2, -0.15) is 0 Å². The van der Waals surface area contributed by atoms with Gasteiger partial charge in [-0.1, -0.05) is 0 Å². The molecule has 0 unspecified atom stereocenters. The Bertz CT molecular complexity index is 492. The van der Waals surface area contributed by atoms with Gasteiger partial charge >= 0.3 is 0 Å². The average Bonchev–Trinajstić information content (AvgIpc) is 2.71. The summed E-state index contributed by atoms with van der Waals surface area (Å²) in [5, 5.41) is 28.7. The summed E-state index contributed by atoms with van der Waals surface area (Å²) >= 11 is 0. The number of hydrogen-bond acceptors (Lipinski definition) is 5. The number of rotatable bonds is 3. The number of Topliss-reactive ketones (excluding diaryl/α,β-unsaturated/α-hetero) is 1. The van der Waals surface area contributed by atoms with Crippen LogP contribution in [0.4, 0.5) is 0 Å². The lowest BCUT2D eigenvalue weighted by Gasteiger charge is -2.26. The van der Waals surface area contributed by atoms with Crippen LogP contribution in [0.1, 0.15) is 29.8 Å². The minimum Gasteiger partial charge on any atom is -0.507 e. The molecule has 0 amide bonds. The zero-order chi connectivity index (χ0) is 13.5. The molecule has 98 valence electrons. The molecule has 1 heterocycles. The SMILES string of the molecule is CC(=O)c1cc2c(cc1O)O[C@@H]([C@](C)(O)CO)C2. The Morgan fingerprint density at radius 1 is 1.56 bits per heavy atom. The molecule has 1 aromatic rings. The second-order valence-corrected chi connectivity index (χ2v) is 4.86. The molecular formula is C13H16O5. The van der Waals surface area contributed by atoms with Gasteiger partial charge in [0, 0.05) is 12.5 Å². The summed E-state index contributed by atoms with van der Waals surface area (Å²) in [6, 6.07) is 2.94. The van der Waals surface area contributed by atoms with E-state index in [1.54, 1.807) is 6.07 Å². The topological polar surface area (TPSA) is 87.0 Å². The fourth-order valence-electron chi connectivity index (χ4n) is 2.01. The Balaban J connectivity index is 2.33. The third kappa shape index (κ3) is 2.07. The molecule has 0 saturated carbocycles. The van der Waals surface area contributed by atoms with Crippen molar-refractivity contribution in [3.8, 4) is 11.5 Å². The number of ether oxygens (including phenoxy) is 1. The highest BCUT2D eigenvalue weighted by atomic mass is 16.5. The monoisotopic (exact) mass is 252 g/mol. The van der Waals surface area contributed by atoms with Crippen molar-refractivity contribution >= 4 is 5.78 Å². The van der Waals surface area contributed by atoms with Crippen LogP contribution in [-0.4, -0.2) is 39.4 Å². The standard InChI is InChI=1S/C13H16O5/c1-7(15)9-3-8-4-12(13(2,17)6-14)18-11(8)5-10(9)16/h3,5,12,14,16-17H,4,6H2,1-2H3/t12-,13-/m1/s1. The van der Waals surface area contributed by atoms with Crippen molar-refractivity contribution < 1.29 is 24.9 Å². The number of benzene rings is 1. The smallest absolute Gasteiger partial charge is 0.163 e. The largest absolute Gasteiger partial charge is 0.507 e. The Morgan fingerprint density at radius 3 is 2.78 bits per heavy atom. The van der Waals surface area contributed by atoms with Crippen LogP contribution >= 0.6 is 0 Å². The summed E-state index contributed by atoms with van der Waals surface area (Å²) in [4.78, 5) is 11.3. The van der Waals surface area contributed by atoms with Gasteiger partial charge in [0.25, 0.3) is 0 Å². The van der Waals surface area contributed by atoms with E-state index in [9.17, 15) is 15.0 Å². The number of ketones is 1. The Labute approximate surface area is 105 Å². The number of hydrogen-bond donors (Lipinski definition) is 3. The van der Waals surface area contributed by atoms with Gasteiger partial charge < -0.3 is 20.1 Å². The maximum Gasteiger partial charge on any atom is 0.163 e. The first kappa shape index (κ1) is 12.9. The number of phenolic OH excluding ortho intramolecular Hbond substituents is 1. The predicted octanol–water partition coefficient (Wildman–Crippen LogP) is 0.642. The molecule has 18 heavy (non-hydrogen) atoms. The average molecular weight is 252 g/mol. The first-order valence-corrected chi connectivity index (χ1v) is 5.72. The van der Waals surface area contributed by atoms with Crippen LogP contribution in [0.25, 0.3) is 0 Å². The van der Waals surface area contributed by atoms with Crippen molar-refractivity contribution in [3.05, 3.63) is 23.3 Å². The summed E-state index contributed by atoms with van der Waals surface area (Å²) in [5.41, 5.74) is -0.372. The maximum atomic E-state index is 11.3. The molecule has 1 aliphatic rings. The van der Waals surface area contributed by atoms with E-state index in [-0.39, 0.29) is 17.1 Å². The molecule has 0 fully saturated rings. The van der Waals surface area contributed by atoms with Crippen LogP contribution in [0, 0.1) is 0 Å². The van der Waals surface area contributed by atoms with Crippen molar-refractivity contribution in [3.63, 3.8) is 0 Å². The first-order valence-electron chi connectivity index (χ1n) is 5.72. The van der Waals surface area contributed by atoms with Crippen LogP contribution in [0.2, 0.25) is 0 Å². The van der Waals surface area contributed by atoms with Gasteiger partial charge in [-0.05, 0) is 25.5 Å². The fraction of sp³-hybridized carbons (Fsp3) is 0.462. The zero-order valence-corrected chi connectivity index (χ0v) is 10.3. The van der Waals surface area contributed by atoms with Crippen molar-refractivity contribution in [2.45, 2.75) is 32.0 Å². The molecule has 5 nitrogen and oxygen atoms in total. The molecule has 0 aromatic heterocycles. The van der Waals surface area contributed by atoms with Crippen LogP contribution in [-0.2, 0) is 6.42 Å². The molecule has 0 bridgehead atoms. The van der Waals surface area contributed by atoms with Gasteiger partial charge in [-0.3, -0.25) is 4.79 Å². The minimum atomic E-state index is -1.36. The van der Waals surface area contributed by atoms with Crippen LogP contribution in [0.5, 0.6) is 11.5 Å². The molecule has 0 aliphatic carbocycles. The lowest BCUT2D eigenvalue weighted by Crippen LogP contribution is -2.45. The van der Waals surface area contributed by atoms with Crippen molar-refractivity contribution in [2.24, 2.45) is 0 Å². The van der Waals surface area contributed by atoms with Crippen LogP contribution in [0.3, 0.4) is 0 Å². The molecule has 2 rings (SSSR count). The number of aliphatic hydroxyl groups is 2. The first-order chi connectivity index (χ1) is 8.35. The van der Waals surface area contributed by atoms with Gasteiger partial charge in [0.1, 0.15) is 23.2 Å². The third-order valence-electron chi connectivity index (χ3n) is 3.25. The van der Waals surface area contributed by atoms with E-state index in [4.69, 9.17) is 9.84 Å². The molecule has 1 aromatic carbocycles. The van der Waals surface area contributed by atoms with Crippen molar-refractivity contribution in [1.82, 2.24) is 0 Å². The fourth-order valence-corrected chi connectivity index (χ4v) is 2.01. The molecule has 5 heteroatoms. The quantitative estimate of drug-likeness (QED) is 0.687. The normalized spacial score (nSPS) is 21.0. The number of carbonyl (C=O) groups is 1. The van der Waals surface area contributed by atoms with E-state index in [1.807, 2.05) is 0 Å². The third-order valence-corrected chi connectivity index (χ3v) is 3.25. The Kier molecular flexibility index (Phi) is 3.04. The highest BCUT2D eigenvalue weighted by Gasteiger charge is 2.38. The number of aromatic hydroxyl groups is 1. The summed E-state index contributed by atoms with van der Waals surface area (Å²) in [5.74, 6) is 0.0782. The van der Waals surface area contributed by atoms with E-state index >= 15 is 0 Å². The molecule has 1 aliphatic heterocycles. The molecule has 3 N–H and O–H groups in total. The van der Waals surface area contributed by atoms with E-state index < -0.39 is 18.3 Å². The summed E-state index contributed by atoms with van der Waals surface area (Å²) in [6.07, 6.45) is -0.192. The number of aliphatic hydroxyl groups excluding tert-OH is 1. The Morgan fingerprint density at radius 2 is 2.22 bits per heavy atom. The van der Waals surface area contributed by atoms with E-state index in [1.165, 1.54) is 19.9 Å². The summed E-state index contributed by atoms with van der Waals surface area (Å²) in [6.45, 7) is 2.44. The molecule has 0 spiro atoms.